The maximum Gasteiger partial charge on any atom is 0.0830 e. The first-order valence-electron chi connectivity index (χ1n) is 10.4. The summed E-state index contributed by atoms with van der Waals surface area (Å²) in [4.78, 5) is 0. The summed E-state index contributed by atoms with van der Waals surface area (Å²) in [5.74, 6) is 2.60. The average molecular weight is 316 g/mol. The van der Waals surface area contributed by atoms with Gasteiger partial charge in [0.25, 0.3) is 0 Å². The Kier molecular flexibility index (Phi) is 2.36. The van der Waals surface area contributed by atoms with Gasteiger partial charge in [0.1, 0.15) is 0 Å². The zero-order valence-corrected chi connectivity index (χ0v) is 15.2. The first-order valence-corrected chi connectivity index (χ1v) is 10.4. The van der Waals surface area contributed by atoms with E-state index in [0.29, 0.717) is 16.2 Å². The van der Waals surface area contributed by atoms with Crippen LogP contribution in [0.5, 0.6) is 0 Å². The molecular weight excluding hydrogens is 282 g/mol. The van der Waals surface area contributed by atoms with Gasteiger partial charge < -0.3 is 10.1 Å². The lowest BCUT2D eigenvalue weighted by molar-refractivity contribution is -0.295. The van der Waals surface area contributed by atoms with E-state index in [1.165, 1.54) is 51.4 Å². The lowest BCUT2D eigenvalue weighted by Crippen LogP contribution is -2.85. The molecule has 1 N–H and O–H groups in total. The summed E-state index contributed by atoms with van der Waals surface area (Å²) < 4.78 is 6.90. The van der Waals surface area contributed by atoms with Gasteiger partial charge in [0.05, 0.1) is 5.60 Å². The molecule has 7 fully saturated rings. The Labute approximate surface area is 141 Å². The van der Waals surface area contributed by atoms with E-state index in [9.17, 15) is 0 Å². The molecule has 3 spiro atoms. The number of nitrogens with one attached hydrogen (secondary N) is 1. The fourth-order valence-electron chi connectivity index (χ4n) is 9.94. The largest absolute Gasteiger partial charge is 0.374 e. The summed E-state index contributed by atoms with van der Waals surface area (Å²) in [5, 5.41) is 4.34. The smallest absolute Gasteiger partial charge is 0.0830 e. The molecule has 7 aliphatic rings. The maximum absolute atomic E-state index is 6.90. The molecule has 0 aromatic carbocycles. The van der Waals surface area contributed by atoms with Crippen molar-refractivity contribution in [3.8, 4) is 0 Å². The minimum absolute atomic E-state index is 0.246. The van der Waals surface area contributed by atoms with Crippen molar-refractivity contribution < 1.29 is 4.74 Å². The van der Waals surface area contributed by atoms with Crippen LogP contribution in [0.1, 0.15) is 72.1 Å². The van der Waals surface area contributed by atoms with Crippen molar-refractivity contribution in [2.24, 2.45) is 34.0 Å². The summed E-state index contributed by atoms with van der Waals surface area (Å²) in [5.41, 5.74) is 1.73. The average Bonchev–Trinajstić information content (AvgIpc) is 3.16. The summed E-state index contributed by atoms with van der Waals surface area (Å²) >= 11 is 0. The van der Waals surface area contributed by atoms with Crippen LogP contribution in [0.25, 0.3) is 0 Å². The van der Waals surface area contributed by atoms with Crippen LogP contribution in [0.4, 0.5) is 0 Å². The van der Waals surface area contributed by atoms with Crippen molar-refractivity contribution in [2.75, 3.05) is 6.61 Å². The van der Waals surface area contributed by atoms with Gasteiger partial charge in [-0.25, -0.2) is 0 Å². The lowest BCUT2D eigenvalue weighted by atomic mass is 9.33. The van der Waals surface area contributed by atoms with Gasteiger partial charge in [0.2, 0.25) is 0 Å². The van der Waals surface area contributed by atoms with Crippen LogP contribution in [0.2, 0.25) is 0 Å². The monoisotopic (exact) mass is 315 g/mol. The highest BCUT2D eigenvalue weighted by Gasteiger charge is 2.87. The zero-order valence-electron chi connectivity index (χ0n) is 15.2. The van der Waals surface area contributed by atoms with Gasteiger partial charge in [0, 0.05) is 29.5 Å². The first-order chi connectivity index (χ1) is 11.0. The molecule has 0 aromatic rings. The maximum atomic E-state index is 6.90. The summed E-state index contributed by atoms with van der Waals surface area (Å²) in [6.07, 6.45) is 11.4. The van der Waals surface area contributed by atoms with Gasteiger partial charge in [-0.15, -0.1) is 0 Å². The first kappa shape index (κ1) is 14.1. The van der Waals surface area contributed by atoms with E-state index < -0.39 is 0 Å². The molecule has 6 bridgehead atoms. The third-order valence-corrected chi connectivity index (χ3v) is 10.4. The van der Waals surface area contributed by atoms with E-state index in [-0.39, 0.29) is 5.60 Å². The van der Waals surface area contributed by atoms with Crippen molar-refractivity contribution in [1.82, 2.24) is 5.32 Å². The predicted molar refractivity (Wildman–Crippen MR) is 91.1 cm³/mol. The van der Waals surface area contributed by atoms with Crippen molar-refractivity contribution >= 4 is 0 Å². The van der Waals surface area contributed by atoms with Crippen LogP contribution in [0.15, 0.2) is 0 Å². The third-order valence-electron chi connectivity index (χ3n) is 10.4. The van der Waals surface area contributed by atoms with Gasteiger partial charge in [-0.05, 0) is 74.5 Å². The van der Waals surface area contributed by atoms with E-state index in [1.807, 2.05) is 0 Å². The molecule has 4 saturated carbocycles. The number of ether oxygens (including phenoxy) is 1. The Morgan fingerprint density at radius 2 is 1.87 bits per heavy atom. The second kappa shape index (κ2) is 3.85. The predicted octanol–water partition coefficient (Wildman–Crippen LogP) is 4.14. The number of piperidine rings is 2. The molecule has 8 atom stereocenters. The van der Waals surface area contributed by atoms with Gasteiger partial charge in [-0.3, -0.25) is 0 Å². The highest BCUT2D eigenvalue weighted by atomic mass is 16.5. The SMILES string of the molecule is CC(C)[C@H]1CC[C@]2(C)[C@H]3CC[C@]45CCC[C@]46OCC[C@@]62[C@H]1N[C@H]35. The molecule has 7 rings (SSSR count). The van der Waals surface area contributed by atoms with E-state index in [2.05, 4.69) is 26.1 Å². The van der Waals surface area contributed by atoms with Gasteiger partial charge in [0.15, 0.2) is 0 Å². The number of hydrogen-bond donors (Lipinski definition) is 1. The summed E-state index contributed by atoms with van der Waals surface area (Å²) in [6.45, 7) is 8.68. The lowest BCUT2D eigenvalue weighted by Gasteiger charge is -2.77. The quantitative estimate of drug-likeness (QED) is 0.785. The van der Waals surface area contributed by atoms with Gasteiger partial charge >= 0.3 is 0 Å². The van der Waals surface area contributed by atoms with Crippen LogP contribution in [0, 0.1) is 34.0 Å². The van der Waals surface area contributed by atoms with E-state index >= 15 is 0 Å². The summed E-state index contributed by atoms with van der Waals surface area (Å²) in [6, 6.07) is 1.50. The van der Waals surface area contributed by atoms with Crippen LogP contribution in [0.3, 0.4) is 0 Å². The molecule has 0 radical (unpaired) electrons. The zero-order chi connectivity index (χ0) is 15.7. The van der Waals surface area contributed by atoms with Crippen molar-refractivity contribution in [3.05, 3.63) is 0 Å². The Morgan fingerprint density at radius 3 is 2.70 bits per heavy atom. The fraction of sp³-hybridized carbons (Fsp3) is 1.00. The highest BCUT2D eigenvalue weighted by Crippen LogP contribution is 2.84. The molecule has 0 unspecified atom stereocenters. The van der Waals surface area contributed by atoms with Crippen LogP contribution >= 0.6 is 0 Å². The van der Waals surface area contributed by atoms with Crippen molar-refractivity contribution in [1.29, 1.82) is 0 Å². The Balaban J connectivity index is 1.64. The number of rotatable bonds is 1. The van der Waals surface area contributed by atoms with Crippen LogP contribution in [-0.4, -0.2) is 24.3 Å². The molecular formula is C21H33NO. The molecule has 0 amide bonds. The van der Waals surface area contributed by atoms with Gasteiger partial charge in [-0.1, -0.05) is 20.8 Å². The van der Waals surface area contributed by atoms with E-state index in [1.54, 1.807) is 0 Å². The molecule has 3 aliphatic heterocycles. The van der Waals surface area contributed by atoms with E-state index in [0.717, 1.165) is 36.4 Å². The van der Waals surface area contributed by atoms with Gasteiger partial charge in [-0.2, -0.15) is 0 Å². The van der Waals surface area contributed by atoms with Crippen molar-refractivity contribution in [3.63, 3.8) is 0 Å². The fourth-order valence-corrected chi connectivity index (χ4v) is 9.94. The second-order valence-corrected chi connectivity index (χ2v) is 10.5. The Hall–Kier alpha value is -0.0800. The molecule has 2 heteroatoms. The molecule has 4 aliphatic carbocycles. The minimum atomic E-state index is 0.246. The Morgan fingerprint density at radius 1 is 1.00 bits per heavy atom. The van der Waals surface area contributed by atoms with E-state index in [4.69, 9.17) is 4.74 Å². The second-order valence-electron chi connectivity index (χ2n) is 10.5. The molecule has 23 heavy (non-hydrogen) atoms. The molecule has 2 nitrogen and oxygen atoms in total. The van der Waals surface area contributed by atoms with Crippen molar-refractivity contribution in [2.45, 2.75) is 89.8 Å². The molecule has 3 saturated heterocycles. The van der Waals surface area contributed by atoms with Crippen LogP contribution < -0.4 is 5.32 Å². The third kappa shape index (κ3) is 1.10. The highest BCUT2D eigenvalue weighted by molar-refractivity contribution is 5.38. The minimum Gasteiger partial charge on any atom is -0.374 e. The molecule has 0 aromatic heterocycles. The van der Waals surface area contributed by atoms with Crippen LogP contribution in [-0.2, 0) is 4.74 Å². The molecule has 3 heterocycles. The summed E-state index contributed by atoms with van der Waals surface area (Å²) in [7, 11) is 0. The molecule has 128 valence electrons. The Bertz CT molecular complexity index is 570. The standard InChI is InChI=1S/C21H33NO/c1-13(2)14-5-9-18(3)15-6-10-19-7-4-8-21(19)20(18,11-12-23-21)16(14)22-17(15)19/h13-17,22H,4-12H2,1-3H3/t14-,15+,16+,17-,18-,19+,20+,21+/m1/s1. The topological polar surface area (TPSA) is 21.3 Å². The normalized spacial score (nSPS) is 65.2. The number of hydrogen-bond acceptors (Lipinski definition) is 2.